The first-order chi connectivity index (χ1) is 52.6. The number of aryl methyl sites for hydroxylation is 1. The Bertz CT molecular complexity index is 4660. The number of carbonyl (C=O) groups is 3. The lowest BCUT2D eigenvalue weighted by atomic mass is 9.77. The van der Waals surface area contributed by atoms with Crippen molar-refractivity contribution in [3.05, 3.63) is 152 Å². The van der Waals surface area contributed by atoms with Crippen LogP contribution in [0.4, 0.5) is 17.3 Å². The molecule has 0 aliphatic carbocycles. The lowest BCUT2D eigenvalue weighted by Gasteiger charge is -2.32. The summed E-state index contributed by atoms with van der Waals surface area (Å²) in [6.45, 7) is 14.9. The van der Waals surface area contributed by atoms with Crippen LogP contribution in [0.5, 0.6) is 5.75 Å². The molecule has 0 saturated carbocycles. The van der Waals surface area contributed by atoms with Crippen molar-refractivity contribution in [3.63, 3.8) is 0 Å². The molecule has 1 saturated heterocycles. The number of nitrogens with zero attached hydrogens (tertiary/aromatic N) is 7. The van der Waals surface area contributed by atoms with Crippen LogP contribution in [0.3, 0.4) is 0 Å². The van der Waals surface area contributed by atoms with Gasteiger partial charge in [-0.05, 0) is 124 Å². The van der Waals surface area contributed by atoms with E-state index in [4.69, 9.17) is 43.7 Å². The van der Waals surface area contributed by atoms with Crippen LogP contribution in [-0.4, -0.2) is 160 Å². The normalized spacial score (nSPS) is 20.2. The number of aromatic nitrogens is 3. The number of unbranched alkanes of at least 4 members (excludes halogenated alkanes) is 4. The lowest BCUT2D eigenvalue weighted by Crippen LogP contribution is -2.40. The van der Waals surface area contributed by atoms with Crippen LogP contribution < -0.4 is 36.5 Å². The Hall–Kier alpha value is -7.16. The van der Waals surface area contributed by atoms with E-state index in [0.717, 1.165) is 68.6 Å². The first-order valence-corrected chi connectivity index (χ1v) is 44.7. The molecule has 5 aromatic rings. The Labute approximate surface area is 652 Å². The highest BCUT2D eigenvalue weighted by molar-refractivity contribution is 8.76. The second kappa shape index (κ2) is 40.7. The van der Waals surface area contributed by atoms with Gasteiger partial charge in [-0.15, -0.1) is 0 Å². The van der Waals surface area contributed by atoms with Gasteiger partial charge >= 0.3 is 23.5 Å². The van der Waals surface area contributed by atoms with Crippen molar-refractivity contribution < 1.29 is 97.5 Å². The average Bonchev–Trinajstić information content (AvgIpc) is 1.66. The average molecular weight is 1660 g/mol. The van der Waals surface area contributed by atoms with E-state index in [0.29, 0.717) is 25.7 Å². The molecule has 606 valence electrons. The number of aromatic amines is 1. The minimum absolute atomic E-state index is 0.00258. The number of anilines is 3. The predicted molar refractivity (Wildman–Crippen MR) is 422 cm³/mol. The van der Waals surface area contributed by atoms with Crippen LogP contribution in [0.2, 0.25) is 0 Å². The number of phosphoric acid groups is 3. The molecule has 3 aliphatic heterocycles. The van der Waals surface area contributed by atoms with E-state index in [2.05, 4.69) is 151 Å². The number of azide groups is 1. The van der Waals surface area contributed by atoms with E-state index in [1.54, 1.807) is 43.5 Å². The maximum absolute atomic E-state index is 13.3. The van der Waals surface area contributed by atoms with E-state index in [9.17, 15) is 61.2 Å². The Balaban J connectivity index is 0.758. The standard InChI is InChI=1S/C72H98N11O22P3S3/c1-9-11-36-81-57-31-29-48(3)40-55(57)71(5,6)61(81)27-16-13-17-28-62-72(7,56-42-54(111(95,96)97)30-32-58(56)82(62)37-12-10-2)33-18-14-15-24-52(84)25-21-35-76-68(86)50-22-19-26-53(41-50)100-47-64(79-80-74)99-39-38-98-46-63(85)75-34-20-23-51-44-83(67-66(51)69(87)78-70(73)77-67)65-43-59(102-49(4)110-109-8)60(103-65)45-101-107(91,92)105-108(93,94)104-106(88,89)90/h13,16-17,19,22,26-32,40-42,44,49,59-61,64-65H,9-12,14-15,18,21,24-25,33-39,43,45-47H2,1-8H3,(H,75,85)(H,76,86)(H,91,92)(H,93,94)(H2,88,89,90)(H,95,96,97)(H3,73,77,78,87)/b17-13+,27-16+,62-28-/t49-,59?,60+,61?,64?,65+,72?/m0/s1. The monoisotopic (exact) mass is 1660 g/mol. The molecule has 3 aliphatic rings. The fraction of sp³-hybridized carbons (Fsp3) is 0.514. The summed E-state index contributed by atoms with van der Waals surface area (Å²) in [6.07, 6.45) is 17.5. The van der Waals surface area contributed by atoms with Crippen LogP contribution in [-0.2, 0) is 76.3 Å². The van der Waals surface area contributed by atoms with Crippen molar-refractivity contribution in [2.24, 2.45) is 5.11 Å². The molecule has 33 nitrogen and oxygen atoms in total. The Morgan fingerprint density at radius 3 is 2.41 bits per heavy atom. The number of Topliss-reactive ketones (excluding diaryl/α,β-unsaturated/α-hetero) is 1. The fourth-order valence-electron chi connectivity index (χ4n) is 13.5. The molecule has 8 rings (SSSR count). The van der Waals surface area contributed by atoms with Gasteiger partial charge in [-0.2, -0.15) is 22.0 Å². The van der Waals surface area contributed by atoms with Crippen LogP contribution in [0.25, 0.3) is 21.5 Å². The summed E-state index contributed by atoms with van der Waals surface area (Å²) < 4.78 is 114. The number of nitrogens with one attached hydrogen (secondary N) is 3. The van der Waals surface area contributed by atoms with Crippen molar-refractivity contribution in [2.75, 3.05) is 81.0 Å². The minimum atomic E-state index is -5.82. The van der Waals surface area contributed by atoms with Gasteiger partial charge in [0.25, 0.3) is 21.6 Å². The van der Waals surface area contributed by atoms with Crippen molar-refractivity contribution >= 4 is 101 Å². The molecule has 1 fully saturated rings. The summed E-state index contributed by atoms with van der Waals surface area (Å²) in [4.78, 5) is 104. The van der Waals surface area contributed by atoms with Crippen molar-refractivity contribution in [3.8, 4) is 17.6 Å². The van der Waals surface area contributed by atoms with Crippen LogP contribution in [0, 0.1) is 18.8 Å². The summed E-state index contributed by atoms with van der Waals surface area (Å²) in [7, 11) is -18.8. The highest BCUT2D eigenvalue weighted by Crippen LogP contribution is 2.66. The quantitative estimate of drug-likeness (QED) is 0.00167. The topological polar surface area (TPSA) is 468 Å². The third-order valence-electron chi connectivity index (χ3n) is 18.7. The summed E-state index contributed by atoms with van der Waals surface area (Å²) in [5.41, 5.74) is 20.3. The van der Waals surface area contributed by atoms with Gasteiger partial charge in [-0.1, -0.05) is 140 Å². The molecule has 0 spiro atoms. The number of ether oxygens (including phenoxy) is 5. The van der Waals surface area contributed by atoms with Crippen LogP contribution >= 0.6 is 45.1 Å². The number of amides is 2. The van der Waals surface area contributed by atoms with Gasteiger partial charge in [0.1, 0.15) is 42.5 Å². The first kappa shape index (κ1) is 89.4. The van der Waals surface area contributed by atoms with E-state index in [1.807, 2.05) is 0 Å². The van der Waals surface area contributed by atoms with Gasteiger partial charge in [0.05, 0.1) is 54.4 Å². The van der Waals surface area contributed by atoms with Gasteiger partial charge in [-0.25, -0.2) is 13.7 Å². The summed E-state index contributed by atoms with van der Waals surface area (Å²) in [5, 5.41) is 9.02. The second-order valence-electron chi connectivity index (χ2n) is 27.4. The van der Waals surface area contributed by atoms with Crippen LogP contribution in [0.1, 0.15) is 157 Å². The molecule has 0 radical (unpaired) electrons. The number of hydrogen-bond donors (Lipinski definition) is 9. The summed E-state index contributed by atoms with van der Waals surface area (Å²) in [5.74, 6) is 4.66. The smallest absolute Gasteiger partial charge is 0.490 e. The highest BCUT2D eigenvalue weighted by atomic mass is 33.1. The van der Waals surface area contributed by atoms with Gasteiger partial charge in [0.15, 0.2) is 11.9 Å². The van der Waals surface area contributed by atoms with Crippen molar-refractivity contribution in [2.45, 2.75) is 177 Å². The van der Waals surface area contributed by atoms with Crippen molar-refractivity contribution in [1.82, 2.24) is 25.2 Å². The maximum Gasteiger partial charge on any atom is 0.490 e. The number of nitrogen functional groups attached to an aromatic ring is 1. The summed E-state index contributed by atoms with van der Waals surface area (Å²) >= 11 is 0. The van der Waals surface area contributed by atoms with E-state index < -0.39 is 99.7 Å². The third kappa shape index (κ3) is 25.4. The van der Waals surface area contributed by atoms with Crippen molar-refractivity contribution in [1.29, 1.82) is 0 Å². The van der Waals surface area contributed by atoms with Crippen LogP contribution in [0.15, 0.2) is 118 Å². The van der Waals surface area contributed by atoms with Gasteiger partial charge in [-0.3, -0.25) is 33.2 Å². The number of ketones is 1. The highest BCUT2D eigenvalue weighted by Gasteiger charge is 2.47. The van der Waals surface area contributed by atoms with E-state index in [1.165, 1.54) is 61.3 Å². The number of carbonyl (C=O) groups excluding carboxylic acids is 3. The number of fused-ring (bicyclic) bond motifs is 3. The van der Waals surface area contributed by atoms with Gasteiger partial charge in [0.2, 0.25) is 11.9 Å². The zero-order valence-corrected chi connectivity index (χ0v) is 68.1. The molecule has 111 heavy (non-hydrogen) atoms. The number of phosphoric ester groups is 1. The van der Waals surface area contributed by atoms with E-state index in [-0.39, 0.29) is 102 Å². The Kier molecular flexibility index (Phi) is 32.8. The first-order valence-electron chi connectivity index (χ1n) is 36.1. The molecular weight excluding hydrogens is 1560 g/mol. The lowest BCUT2D eigenvalue weighted by molar-refractivity contribution is -0.126. The number of nitrogens with two attached hydrogens (primary N) is 1. The Morgan fingerprint density at radius 1 is 0.928 bits per heavy atom. The minimum Gasteiger partial charge on any atom is -0.491 e. The molecule has 0 bridgehead atoms. The zero-order valence-electron chi connectivity index (χ0n) is 63.0. The molecule has 2 amide bonds. The number of allylic oxidation sites excluding steroid dienone is 5. The molecule has 6 unspecified atom stereocenters. The number of benzene rings is 3. The van der Waals surface area contributed by atoms with E-state index >= 15 is 0 Å². The number of H-pyrrole nitrogens is 1. The zero-order chi connectivity index (χ0) is 80.9. The molecule has 9 atom stereocenters. The second-order valence-corrected chi connectivity index (χ2v) is 36.0. The molecule has 39 heteroatoms. The molecule has 3 aromatic carbocycles. The molecular formula is C72H98N11O22P3S3. The maximum atomic E-state index is 13.3. The number of rotatable bonds is 44. The largest absolute Gasteiger partial charge is 0.491 e. The predicted octanol–water partition coefficient (Wildman–Crippen LogP) is 12.0. The molecule has 2 aromatic heterocycles. The molecule has 5 heterocycles. The molecule has 10 N–H and O–H groups in total. The fourth-order valence-corrected chi connectivity index (χ4v) is 18.4. The number of hydrogen-bond acceptors (Lipinski definition) is 24. The third-order valence-corrected chi connectivity index (χ3v) is 25.3. The van der Waals surface area contributed by atoms with Gasteiger partial charge < -0.3 is 74.0 Å². The van der Waals surface area contributed by atoms with Gasteiger partial charge in [0, 0.05) is 83.5 Å². The SMILES string of the molecule is CCCCN1\C(=C/C=C/C=C/C2N(CCCC)c3ccc(C)cc3C2(C)C)C(C)(CCCCCC(=O)CCCNC(=O)c2cccc(OCC(N=[N+]=[N-])OCCOCC(=O)NCC#Cc3cn([C@H]4CC(O[C@H](C)SSC)[C@@H](COP(=O)(O)OP(=O)(O)OP(=O)(O)O)O4)c4nc(N)[nH]c(=O)c34)c2)c2cc(S(=O)(=O)O)ccc21. The Morgan fingerprint density at radius 2 is 1.68 bits per heavy atom. The summed E-state index contributed by atoms with van der Waals surface area (Å²) in [6, 6.07) is 18.1.